The van der Waals surface area contributed by atoms with Gasteiger partial charge in [0, 0.05) is 25.2 Å². The number of sulfonamides is 1. The Hall–Kier alpha value is -2.10. The molecule has 0 radical (unpaired) electrons. The molecule has 1 fully saturated rings. The van der Waals surface area contributed by atoms with Crippen molar-refractivity contribution in [3.63, 3.8) is 0 Å². The van der Waals surface area contributed by atoms with Gasteiger partial charge in [-0.15, -0.1) is 0 Å². The second-order valence-corrected chi connectivity index (χ2v) is 8.97. The lowest BCUT2D eigenvalue weighted by Gasteiger charge is -2.23. The van der Waals surface area contributed by atoms with Gasteiger partial charge in [0.05, 0.1) is 10.6 Å². The highest BCUT2D eigenvalue weighted by Crippen LogP contribution is 2.38. The number of nitrogens with zero attached hydrogens (tertiary/aromatic N) is 1. The van der Waals surface area contributed by atoms with Gasteiger partial charge in [-0.1, -0.05) is 23.7 Å². The fraction of sp³-hybridized carbons (Fsp3) is 0.316. The molecule has 156 valence electrons. The number of rotatable bonds is 6. The SMILES string of the molecule is CNC(=O)c1ccc(CN(C2CC2)S(=O)(=O)c2cc(C(F)(F)F)ccc2Cl)cc1. The molecule has 3 rings (SSSR count). The van der Waals surface area contributed by atoms with E-state index in [1.807, 2.05) is 0 Å². The molecule has 5 nitrogen and oxygen atoms in total. The number of alkyl halides is 3. The van der Waals surface area contributed by atoms with Gasteiger partial charge in [-0.05, 0) is 48.7 Å². The molecule has 0 bridgehead atoms. The van der Waals surface area contributed by atoms with Crippen LogP contribution in [-0.2, 0) is 22.7 Å². The van der Waals surface area contributed by atoms with Crippen LogP contribution in [0, 0.1) is 0 Å². The summed E-state index contributed by atoms with van der Waals surface area (Å²) in [5, 5.41) is 2.22. The van der Waals surface area contributed by atoms with Crippen molar-refractivity contribution in [3.8, 4) is 0 Å². The van der Waals surface area contributed by atoms with Crippen LogP contribution in [0.1, 0.15) is 34.3 Å². The number of nitrogens with one attached hydrogen (secondary N) is 1. The van der Waals surface area contributed by atoms with Gasteiger partial charge < -0.3 is 5.32 Å². The van der Waals surface area contributed by atoms with Crippen molar-refractivity contribution in [2.45, 2.75) is 36.5 Å². The van der Waals surface area contributed by atoms with Gasteiger partial charge in [0.1, 0.15) is 4.90 Å². The van der Waals surface area contributed by atoms with Crippen molar-refractivity contribution in [1.82, 2.24) is 9.62 Å². The van der Waals surface area contributed by atoms with E-state index in [0.29, 0.717) is 30.0 Å². The summed E-state index contributed by atoms with van der Waals surface area (Å²) in [4.78, 5) is 11.1. The van der Waals surface area contributed by atoms with Crippen LogP contribution in [0.5, 0.6) is 0 Å². The minimum absolute atomic E-state index is 0.0341. The summed E-state index contributed by atoms with van der Waals surface area (Å²) >= 11 is 5.96. The Balaban J connectivity index is 1.94. The molecule has 0 atom stereocenters. The van der Waals surface area contributed by atoms with Gasteiger partial charge in [-0.3, -0.25) is 4.79 Å². The molecule has 1 N–H and O–H groups in total. The standard InChI is InChI=1S/C19H18ClF3N2O3S/c1-24-18(26)13-4-2-12(3-5-13)11-25(15-7-8-15)29(27,28)17-10-14(19(21,22)23)6-9-16(17)20/h2-6,9-10,15H,7-8,11H2,1H3,(H,24,26). The van der Waals surface area contributed by atoms with Crippen LogP contribution in [0.3, 0.4) is 0 Å². The first kappa shape index (κ1) is 21.6. The molecule has 1 amide bonds. The summed E-state index contributed by atoms with van der Waals surface area (Å²) in [5.41, 5.74) is -0.0552. The second kappa shape index (κ2) is 7.97. The summed E-state index contributed by atoms with van der Waals surface area (Å²) in [6.07, 6.45) is -3.45. The van der Waals surface area contributed by atoms with Gasteiger partial charge in [0.15, 0.2) is 0 Å². The Morgan fingerprint density at radius 1 is 1.17 bits per heavy atom. The average Bonchev–Trinajstić information content (AvgIpc) is 3.50. The number of benzene rings is 2. The first-order valence-electron chi connectivity index (χ1n) is 8.73. The smallest absolute Gasteiger partial charge is 0.355 e. The minimum Gasteiger partial charge on any atom is -0.355 e. The third-order valence-electron chi connectivity index (χ3n) is 4.58. The Bertz CT molecular complexity index is 1020. The van der Waals surface area contributed by atoms with Gasteiger partial charge >= 0.3 is 6.18 Å². The quantitative estimate of drug-likeness (QED) is 0.727. The highest BCUT2D eigenvalue weighted by molar-refractivity contribution is 7.89. The predicted octanol–water partition coefficient (Wildman–Crippen LogP) is 4.07. The molecule has 0 heterocycles. The number of hydrogen-bond acceptors (Lipinski definition) is 3. The van der Waals surface area contributed by atoms with Crippen molar-refractivity contribution >= 4 is 27.5 Å². The zero-order chi connectivity index (χ0) is 21.4. The van der Waals surface area contributed by atoms with Gasteiger partial charge in [0.25, 0.3) is 5.91 Å². The number of halogens is 4. The number of carbonyl (C=O) groups is 1. The van der Waals surface area contributed by atoms with Crippen molar-refractivity contribution in [3.05, 3.63) is 64.2 Å². The van der Waals surface area contributed by atoms with E-state index in [2.05, 4.69) is 5.32 Å². The molecule has 2 aromatic rings. The van der Waals surface area contributed by atoms with E-state index in [9.17, 15) is 26.4 Å². The molecule has 0 saturated heterocycles. The maximum atomic E-state index is 13.1. The van der Waals surface area contributed by atoms with E-state index in [4.69, 9.17) is 11.6 Å². The number of hydrogen-bond donors (Lipinski definition) is 1. The van der Waals surface area contributed by atoms with Crippen LogP contribution in [0.4, 0.5) is 13.2 Å². The molecule has 1 aliphatic carbocycles. The lowest BCUT2D eigenvalue weighted by atomic mass is 10.1. The van der Waals surface area contributed by atoms with Crippen LogP contribution < -0.4 is 5.32 Å². The first-order chi connectivity index (χ1) is 13.5. The van der Waals surface area contributed by atoms with Crippen molar-refractivity contribution in [2.75, 3.05) is 7.05 Å². The highest BCUT2D eigenvalue weighted by Gasteiger charge is 2.40. The first-order valence-corrected chi connectivity index (χ1v) is 10.6. The molecule has 2 aromatic carbocycles. The van der Waals surface area contributed by atoms with Crippen molar-refractivity contribution < 1.29 is 26.4 Å². The lowest BCUT2D eigenvalue weighted by Crippen LogP contribution is -2.33. The van der Waals surface area contributed by atoms with Crippen LogP contribution in [0.2, 0.25) is 5.02 Å². The Kier molecular flexibility index (Phi) is 5.93. The monoisotopic (exact) mass is 446 g/mol. The molecular formula is C19H18ClF3N2O3S. The normalized spacial score (nSPS) is 14.8. The molecule has 1 aliphatic rings. The Morgan fingerprint density at radius 2 is 1.79 bits per heavy atom. The second-order valence-electron chi connectivity index (χ2n) is 6.70. The molecule has 29 heavy (non-hydrogen) atoms. The van der Waals surface area contributed by atoms with E-state index in [0.717, 1.165) is 12.1 Å². The van der Waals surface area contributed by atoms with Gasteiger partial charge in [-0.2, -0.15) is 17.5 Å². The number of amides is 1. The predicted molar refractivity (Wildman–Crippen MR) is 102 cm³/mol. The molecule has 0 unspecified atom stereocenters. The van der Waals surface area contributed by atoms with E-state index in [1.165, 1.54) is 11.4 Å². The van der Waals surface area contributed by atoms with Crippen molar-refractivity contribution in [1.29, 1.82) is 0 Å². The summed E-state index contributed by atoms with van der Waals surface area (Å²) in [7, 11) is -2.76. The zero-order valence-corrected chi connectivity index (χ0v) is 16.9. The number of carbonyl (C=O) groups excluding carboxylic acids is 1. The Labute approximate surface area is 171 Å². The molecule has 0 aliphatic heterocycles. The largest absolute Gasteiger partial charge is 0.416 e. The lowest BCUT2D eigenvalue weighted by molar-refractivity contribution is -0.137. The van der Waals surface area contributed by atoms with Crippen LogP contribution in [0.25, 0.3) is 0 Å². The minimum atomic E-state index is -4.69. The molecule has 0 aromatic heterocycles. The maximum Gasteiger partial charge on any atom is 0.416 e. The topological polar surface area (TPSA) is 66.5 Å². The summed E-state index contributed by atoms with van der Waals surface area (Å²) < 4.78 is 66.6. The van der Waals surface area contributed by atoms with Crippen LogP contribution in [0.15, 0.2) is 47.4 Å². The van der Waals surface area contributed by atoms with Gasteiger partial charge in [-0.25, -0.2) is 8.42 Å². The summed E-state index contributed by atoms with van der Waals surface area (Å²) in [6.45, 7) is -0.0341. The zero-order valence-electron chi connectivity index (χ0n) is 15.3. The van der Waals surface area contributed by atoms with Crippen LogP contribution >= 0.6 is 11.6 Å². The van der Waals surface area contributed by atoms with E-state index in [-0.39, 0.29) is 23.5 Å². The van der Waals surface area contributed by atoms with Crippen molar-refractivity contribution in [2.24, 2.45) is 0 Å². The maximum absolute atomic E-state index is 13.1. The summed E-state index contributed by atoms with van der Waals surface area (Å²) in [6, 6.07) is 8.31. The van der Waals surface area contributed by atoms with Crippen LogP contribution in [-0.4, -0.2) is 31.7 Å². The molecule has 0 spiro atoms. The third kappa shape index (κ3) is 4.73. The average molecular weight is 447 g/mol. The van der Waals surface area contributed by atoms with E-state index < -0.39 is 26.7 Å². The van der Waals surface area contributed by atoms with E-state index >= 15 is 0 Å². The molecule has 1 saturated carbocycles. The summed E-state index contributed by atoms with van der Waals surface area (Å²) in [5.74, 6) is -0.279. The fourth-order valence-corrected chi connectivity index (χ4v) is 5.04. The third-order valence-corrected chi connectivity index (χ3v) is 6.96. The fourth-order valence-electron chi connectivity index (χ4n) is 2.86. The highest BCUT2D eigenvalue weighted by atomic mass is 35.5. The molecular weight excluding hydrogens is 429 g/mol. The Morgan fingerprint density at radius 3 is 2.31 bits per heavy atom. The molecule has 10 heteroatoms. The van der Waals surface area contributed by atoms with E-state index in [1.54, 1.807) is 24.3 Å². The van der Waals surface area contributed by atoms with Gasteiger partial charge in [0.2, 0.25) is 10.0 Å².